The molecular weight excluding hydrogens is 228 g/mol. The minimum Gasteiger partial charge on any atom is -0.466 e. The van der Waals surface area contributed by atoms with E-state index in [2.05, 4.69) is 4.74 Å². The van der Waals surface area contributed by atoms with Crippen LogP contribution in [0.2, 0.25) is 0 Å². The lowest BCUT2D eigenvalue weighted by molar-refractivity contribution is -0.134. The molecule has 0 atom stereocenters. The van der Waals surface area contributed by atoms with Gasteiger partial charge >= 0.3 is 14.8 Å². The Kier molecular flexibility index (Phi) is 8.09. The lowest BCUT2D eigenvalue weighted by Gasteiger charge is -2.24. The van der Waals surface area contributed by atoms with Gasteiger partial charge in [0.05, 0.1) is 7.11 Å². The smallest absolute Gasteiger partial charge is 0.466 e. The quantitative estimate of drug-likeness (QED) is 0.368. The number of hydrogen-bond acceptors (Lipinski definition) is 5. The normalized spacial score (nSPS) is 12.0. The summed E-state index contributed by atoms with van der Waals surface area (Å²) in [5.74, 6) is -0.448. The van der Waals surface area contributed by atoms with Crippen molar-refractivity contribution in [2.75, 3.05) is 26.9 Å². The van der Waals surface area contributed by atoms with Crippen LogP contribution in [0.5, 0.6) is 0 Å². The highest BCUT2D eigenvalue weighted by molar-refractivity contribution is 6.66. The monoisotopic (exact) mass is 248 g/mol. The molecule has 0 bridgehead atoms. The third kappa shape index (κ3) is 5.41. The molecule has 0 saturated carbocycles. The first-order valence-electron chi connectivity index (χ1n) is 5.33. The van der Waals surface area contributed by atoms with Crippen LogP contribution in [-0.2, 0) is 22.8 Å². The molecule has 0 aromatic carbocycles. The van der Waals surface area contributed by atoms with Gasteiger partial charge in [0.15, 0.2) is 0 Å². The summed E-state index contributed by atoms with van der Waals surface area (Å²) in [6.45, 7) is 6.97. The molecule has 0 N–H and O–H groups in total. The summed E-state index contributed by atoms with van der Waals surface area (Å²) in [4.78, 5) is 11.0. The Balaban J connectivity index is 4.70. The van der Waals surface area contributed by atoms with E-state index in [0.717, 1.165) is 0 Å². The van der Waals surface area contributed by atoms with Gasteiger partial charge in [-0.3, -0.25) is 0 Å². The van der Waals surface area contributed by atoms with Crippen molar-refractivity contribution in [2.24, 2.45) is 0 Å². The largest absolute Gasteiger partial charge is 0.529 e. The van der Waals surface area contributed by atoms with Gasteiger partial charge in [0.1, 0.15) is 0 Å². The fourth-order valence-electron chi connectivity index (χ4n) is 1.11. The predicted octanol–water partition coefficient (Wildman–Crippen LogP) is 1.30. The zero-order chi connectivity index (χ0) is 12.4. The summed E-state index contributed by atoms with van der Waals surface area (Å²) >= 11 is 0. The van der Waals surface area contributed by atoms with Gasteiger partial charge < -0.3 is 18.0 Å². The molecule has 0 aromatic heterocycles. The van der Waals surface area contributed by atoms with Crippen LogP contribution in [0.25, 0.3) is 0 Å². The van der Waals surface area contributed by atoms with Gasteiger partial charge in [-0.05, 0) is 26.5 Å². The van der Waals surface area contributed by atoms with Gasteiger partial charge in [-0.1, -0.05) is 0 Å². The summed E-state index contributed by atoms with van der Waals surface area (Å²) in [5, 5.41) is 0. The summed E-state index contributed by atoms with van der Waals surface area (Å²) in [6, 6.07) is 0. The van der Waals surface area contributed by atoms with Crippen LogP contribution in [-0.4, -0.2) is 41.7 Å². The highest BCUT2D eigenvalue weighted by Crippen LogP contribution is 2.11. The highest BCUT2D eigenvalue weighted by atomic mass is 28.4. The Bertz CT molecular complexity index is 212. The maximum absolute atomic E-state index is 11.0. The molecule has 0 aromatic rings. The van der Waals surface area contributed by atoms with Crippen molar-refractivity contribution in [1.82, 2.24) is 0 Å². The Morgan fingerprint density at radius 3 is 1.81 bits per heavy atom. The number of hydrogen-bond donors (Lipinski definition) is 0. The van der Waals surface area contributed by atoms with E-state index in [0.29, 0.717) is 19.8 Å². The summed E-state index contributed by atoms with van der Waals surface area (Å²) in [6.07, 6.45) is 1.28. The van der Waals surface area contributed by atoms with Crippen molar-refractivity contribution in [3.05, 3.63) is 11.8 Å². The lowest BCUT2D eigenvalue weighted by atomic mass is 10.7. The summed E-state index contributed by atoms with van der Waals surface area (Å²) in [7, 11) is -1.54. The molecule has 0 radical (unpaired) electrons. The first-order valence-corrected chi connectivity index (χ1v) is 7.13. The van der Waals surface area contributed by atoms with E-state index in [1.165, 1.54) is 13.2 Å². The third-order valence-electron chi connectivity index (χ3n) is 1.66. The average molecular weight is 248 g/mol. The fourth-order valence-corrected chi connectivity index (χ4v) is 3.20. The molecule has 0 aliphatic carbocycles. The molecule has 0 saturated heterocycles. The maximum Gasteiger partial charge on any atom is 0.529 e. The second-order valence-electron chi connectivity index (χ2n) is 2.76. The molecule has 0 rings (SSSR count). The van der Waals surface area contributed by atoms with Crippen LogP contribution in [0, 0.1) is 0 Å². The molecule has 0 aliphatic rings. The van der Waals surface area contributed by atoms with Gasteiger partial charge in [0.25, 0.3) is 0 Å². The van der Waals surface area contributed by atoms with Crippen LogP contribution in [0.3, 0.4) is 0 Å². The lowest BCUT2D eigenvalue weighted by Crippen LogP contribution is -2.44. The average Bonchev–Trinajstić information content (AvgIpc) is 2.27. The van der Waals surface area contributed by atoms with Crippen LogP contribution < -0.4 is 0 Å². The standard InChI is InChI=1S/C10H20O5Si/c1-5-13-16(14-6-2,15-7-3)9-8-10(11)12-4/h8-9H,5-7H2,1-4H3/b9-8+. The zero-order valence-corrected chi connectivity index (χ0v) is 11.3. The molecule has 5 nitrogen and oxygen atoms in total. The van der Waals surface area contributed by atoms with E-state index in [9.17, 15) is 4.79 Å². The molecule has 6 heteroatoms. The molecule has 0 amide bonds. The van der Waals surface area contributed by atoms with Crippen LogP contribution >= 0.6 is 0 Å². The summed E-state index contributed by atoms with van der Waals surface area (Å²) < 4.78 is 21.0. The first kappa shape index (κ1) is 15.3. The van der Waals surface area contributed by atoms with Crippen molar-refractivity contribution < 1.29 is 22.8 Å². The van der Waals surface area contributed by atoms with Crippen molar-refractivity contribution in [1.29, 1.82) is 0 Å². The van der Waals surface area contributed by atoms with E-state index in [1.54, 1.807) is 5.70 Å². The Labute approximate surface area is 97.7 Å². The zero-order valence-electron chi connectivity index (χ0n) is 10.3. The molecule has 0 aliphatic heterocycles. The van der Waals surface area contributed by atoms with Crippen LogP contribution in [0.1, 0.15) is 20.8 Å². The van der Waals surface area contributed by atoms with Crippen molar-refractivity contribution in [3.63, 3.8) is 0 Å². The topological polar surface area (TPSA) is 54.0 Å². The van der Waals surface area contributed by atoms with Gasteiger partial charge in [0.2, 0.25) is 0 Å². The molecule has 0 fully saturated rings. The van der Waals surface area contributed by atoms with Gasteiger partial charge in [-0.2, -0.15) is 0 Å². The Morgan fingerprint density at radius 1 is 1.06 bits per heavy atom. The van der Waals surface area contributed by atoms with E-state index in [-0.39, 0.29) is 0 Å². The molecule has 0 unspecified atom stereocenters. The molecule has 16 heavy (non-hydrogen) atoms. The molecule has 0 heterocycles. The minimum absolute atomic E-state index is 0.448. The first-order chi connectivity index (χ1) is 7.64. The molecule has 94 valence electrons. The minimum atomic E-state index is -2.86. The number of carbonyl (C=O) groups excluding carboxylic acids is 1. The van der Waals surface area contributed by atoms with Gasteiger partial charge in [0, 0.05) is 25.9 Å². The Hall–Kier alpha value is -0.693. The number of methoxy groups -OCH3 is 1. The second-order valence-corrected chi connectivity index (χ2v) is 5.17. The van der Waals surface area contributed by atoms with Crippen molar-refractivity contribution >= 4 is 14.8 Å². The fraction of sp³-hybridized carbons (Fsp3) is 0.700. The number of rotatable bonds is 8. The van der Waals surface area contributed by atoms with E-state index < -0.39 is 14.8 Å². The van der Waals surface area contributed by atoms with Crippen LogP contribution in [0.4, 0.5) is 0 Å². The summed E-state index contributed by atoms with van der Waals surface area (Å²) in [5.41, 5.74) is 1.55. The van der Waals surface area contributed by atoms with Gasteiger partial charge in [-0.25, -0.2) is 4.79 Å². The number of ether oxygens (including phenoxy) is 1. The van der Waals surface area contributed by atoms with Crippen LogP contribution in [0.15, 0.2) is 11.8 Å². The van der Waals surface area contributed by atoms with E-state index in [1.807, 2.05) is 20.8 Å². The number of esters is 1. The van der Waals surface area contributed by atoms with Gasteiger partial charge in [-0.15, -0.1) is 0 Å². The number of carbonyl (C=O) groups is 1. The SMILES string of the molecule is CCO[Si](/C=C/C(=O)OC)(OCC)OCC. The molecular formula is C10H20O5Si. The Morgan fingerprint density at radius 2 is 1.50 bits per heavy atom. The van der Waals surface area contributed by atoms with Crippen molar-refractivity contribution in [2.45, 2.75) is 20.8 Å². The third-order valence-corrected chi connectivity index (χ3v) is 4.31. The second kappa shape index (κ2) is 8.46. The molecule has 0 spiro atoms. The van der Waals surface area contributed by atoms with E-state index >= 15 is 0 Å². The highest BCUT2D eigenvalue weighted by Gasteiger charge is 2.37. The predicted molar refractivity (Wildman–Crippen MR) is 61.8 cm³/mol. The van der Waals surface area contributed by atoms with E-state index in [4.69, 9.17) is 13.3 Å². The maximum atomic E-state index is 11.0. The van der Waals surface area contributed by atoms with Crippen molar-refractivity contribution in [3.8, 4) is 0 Å².